The van der Waals surface area contributed by atoms with Crippen molar-refractivity contribution in [2.24, 2.45) is 5.41 Å². The second kappa shape index (κ2) is 34.9. The number of aldehydes is 1. The molecule has 20 nitrogen and oxygen atoms in total. The van der Waals surface area contributed by atoms with E-state index in [1.807, 2.05) is 100 Å². The van der Waals surface area contributed by atoms with Crippen LogP contribution >= 0.6 is 15.9 Å². The summed E-state index contributed by atoms with van der Waals surface area (Å²) >= 11 is 3.24. The second-order valence-electron chi connectivity index (χ2n) is 36.7. The van der Waals surface area contributed by atoms with Crippen LogP contribution in [0, 0.1) is 68.0 Å². The van der Waals surface area contributed by atoms with E-state index >= 15 is 4.39 Å². The van der Waals surface area contributed by atoms with Gasteiger partial charge >= 0.3 is 5.97 Å². The largest absolute Gasteiger partial charge is 0.478 e. The average Bonchev–Trinajstić information content (AvgIpc) is 1.58. The van der Waals surface area contributed by atoms with Crippen molar-refractivity contribution in [3.05, 3.63) is 294 Å². The minimum absolute atomic E-state index is 0.0658. The summed E-state index contributed by atoms with van der Waals surface area (Å²) < 4.78 is 110. The molecular weight excluding hydrogens is 1730 g/mol. The number of fused-ring (bicyclic) bond motifs is 6. The molecule has 7 aliphatic rings. The number of sulfone groups is 1. The number of hydrogen-bond donors (Lipinski definition) is 1. The summed E-state index contributed by atoms with van der Waals surface area (Å²) in [5, 5.41) is 9.12. The van der Waals surface area contributed by atoms with E-state index in [-0.39, 0.29) is 117 Å². The molecule has 17 rings (SSSR count). The molecule has 0 saturated carbocycles. The number of halogens is 7. The first-order chi connectivity index (χ1) is 59.7. The molecule has 0 bridgehead atoms. The highest BCUT2D eigenvalue weighted by atomic mass is 79.9. The van der Waals surface area contributed by atoms with Gasteiger partial charge in [-0.3, -0.25) is 77.9 Å². The maximum absolute atomic E-state index is 15.4. The van der Waals surface area contributed by atoms with Crippen molar-refractivity contribution < 1.29 is 83.0 Å². The zero-order chi connectivity index (χ0) is 94.3. The summed E-state index contributed by atoms with van der Waals surface area (Å²) in [6.45, 7) is 37.8. The molecule has 28 heteroatoms. The Balaban J connectivity index is 0.000000142. The molecule has 664 valence electrons. The fraction of sp³-hybridized carbons (Fsp3) is 0.310. The highest BCUT2D eigenvalue weighted by molar-refractivity contribution is 9.10. The zero-order valence-electron chi connectivity index (χ0n) is 74.0. The Hall–Kier alpha value is -12.6. The van der Waals surface area contributed by atoms with Crippen LogP contribution in [-0.4, -0.2) is 98.2 Å². The first-order valence-corrected chi connectivity index (χ1v) is 43.7. The molecule has 2 aliphatic carbocycles. The van der Waals surface area contributed by atoms with Crippen LogP contribution < -0.4 is 19.6 Å². The molecule has 1 fully saturated rings. The van der Waals surface area contributed by atoms with Gasteiger partial charge in [-0.15, -0.1) is 0 Å². The van der Waals surface area contributed by atoms with E-state index < -0.39 is 77.0 Å². The van der Waals surface area contributed by atoms with Gasteiger partial charge in [-0.25, -0.2) is 39.6 Å². The number of carbonyl (C=O) groups excluding carboxylic acids is 8. The zero-order valence-corrected chi connectivity index (χ0v) is 76.4. The minimum Gasteiger partial charge on any atom is -0.478 e. The van der Waals surface area contributed by atoms with E-state index in [9.17, 15) is 73.5 Å². The van der Waals surface area contributed by atoms with Gasteiger partial charge in [0.25, 0.3) is 0 Å². The SMILES string of the molecule is C=Cc1cc(F)c2c(c1)C(C)(C)C(=O)C2.C=Cc1cc(F)c2c(c1)C(C)(C)C(=O)N2c1cncc(C)c1.CC1(C)C(=O)Cc2c(F)cc(Br)cc21.Cc1cncc(N2C(=O)C(C)(C)c3cc(C(=O)CC4(C)CCS(=O)(=O)CC4)cc(F)c32)c1.Cc1cncc(N2C(=O)C(C)(C)c3cc(C(=O)O)cc(F)c32)c1.Cc1cncc(N2C(=O)C(C)(C)c3cc(C=O)cc(F)c32)c1. The number of benzene rings is 6. The van der Waals surface area contributed by atoms with E-state index in [1.165, 1.54) is 68.5 Å². The van der Waals surface area contributed by atoms with Crippen LogP contribution in [0.4, 0.5) is 71.8 Å². The summed E-state index contributed by atoms with van der Waals surface area (Å²) in [6.07, 6.45) is 17.9. The normalized spacial score (nSPS) is 17.5. The number of carboxylic acids is 1. The van der Waals surface area contributed by atoms with Gasteiger partial charge in [0.1, 0.15) is 62.6 Å². The summed E-state index contributed by atoms with van der Waals surface area (Å²) in [5.74, 6) is -5.13. The highest BCUT2D eigenvalue weighted by Gasteiger charge is 2.52. The highest BCUT2D eigenvalue weighted by Crippen LogP contribution is 2.53. The third-order valence-electron chi connectivity index (χ3n) is 24.9. The van der Waals surface area contributed by atoms with E-state index in [0.717, 1.165) is 51.1 Å². The molecule has 0 atom stereocenters. The van der Waals surface area contributed by atoms with E-state index in [1.54, 1.807) is 115 Å². The Morgan fingerprint density at radius 1 is 0.406 bits per heavy atom. The molecule has 1 saturated heterocycles. The Morgan fingerprint density at radius 3 is 1.05 bits per heavy atom. The van der Waals surface area contributed by atoms with Crippen molar-refractivity contribution >= 4 is 137 Å². The average molecular weight is 1830 g/mol. The van der Waals surface area contributed by atoms with Crippen LogP contribution in [-0.2, 0) is 83.9 Å². The predicted octanol–water partition coefficient (Wildman–Crippen LogP) is 20.7. The Kier molecular flexibility index (Phi) is 25.8. The molecule has 0 spiro atoms. The lowest BCUT2D eigenvalue weighted by Gasteiger charge is -2.32. The topological polar surface area (TPSA) is 273 Å². The van der Waals surface area contributed by atoms with Crippen LogP contribution in [0.1, 0.15) is 218 Å². The van der Waals surface area contributed by atoms with Crippen molar-refractivity contribution in [2.75, 3.05) is 31.1 Å². The lowest BCUT2D eigenvalue weighted by atomic mass is 9.78. The van der Waals surface area contributed by atoms with Gasteiger partial charge in [-0.2, -0.15) is 0 Å². The predicted molar refractivity (Wildman–Crippen MR) is 484 cm³/mol. The number of nitrogens with zero attached hydrogens (tertiary/aromatic N) is 8. The number of rotatable bonds is 11. The standard InChI is InChI=1S/C24H27FN2O4S.C18H17FN2O.C17H15FN2O3.C17H15FN2O2.C13H13FO.C11H10BrFO/c1-15-9-17(14-26-13-15)27-21-18(23(2,3)22(27)29)10-16(11-19(21)25)20(28)12-24(4)5-7-32(30,31)8-6-24;1-5-12-7-14-16(15(19)8-12)21(17(22)18(14,3)4)13-6-11(2)9-20-10-13;1-9-4-11(8-19-7-9)20-14-12(17(2,3)16(20)23)5-10(15(21)22)6-13(14)18;1-10-4-12(8-19-7-10)20-15-13(17(2,3)16(20)22)5-11(9-21)6-14(15)18;1-4-8-5-10-9(11(14)6-8)7-12(15)13(10,2)3;1-11(2)8-3-6(12)4-9(13)7(8)5-10(11)14/h9-11,13-14H,5-8,12H2,1-4H3;5-10H,1H2,2-4H3;4-8H,1-3H3,(H,21,22);4-9H,1-3H3;4-6H,1,7H2,2-3H3;3-4H,5H2,1-2H3. The van der Waals surface area contributed by atoms with Crippen LogP contribution in [0.25, 0.3) is 12.2 Å². The minimum atomic E-state index is -3.05. The first-order valence-electron chi connectivity index (χ1n) is 41.1. The van der Waals surface area contributed by atoms with Gasteiger partial charge in [0, 0.05) is 70.5 Å². The summed E-state index contributed by atoms with van der Waals surface area (Å²) in [4.78, 5) is 132. The lowest BCUT2D eigenvalue weighted by molar-refractivity contribution is -0.122. The van der Waals surface area contributed by atoms with E-state index in [4.69, 9.17) is 5.11 Å². The molecule has 0 radical (unpaired) electrons. The van der Waals surface area contributed by atoms with Crippen LogP contribution in [0.2, 0.25) is 0 Å². The van der Waals surface area contributed by atoms with Crippen molar-refractivity contribution in [1.82, 2.24) is 19.9 Å². The molecule has 4 amide bonds. The molecule has 4 aromatic heterocycles. The third kappa shape index (κ3) is 17.7. The second-order valence-corrected chi connectivity index (χ2v) is 40.0. The summed E-state index contributed by atoms with van der Waals surface area (Å²) in [6, 6.07) is 24.7. The number of ketones is 3. The number of aromatic nitrogens is 4. The summed E-state index contributed by atoms with van der Waals surface area (Å²) in [7, 11) is -3.05. The number of aromatic carboxylic acids is 1. The van der Waals surface area contributed by atoms with Crippen LogP contribution in [0.15, 0.2) is 164 Å². The van der Waals surface area contributed by atoms with E-state index in [0.29, 0.717) is 91.0 Å². The smallest absolute Gasteiger partial charge is 0.335 e. The van der Waals surface area contributed by atoms with Gasteiger partial charge in [0.2, 0.25) is 23.6 Å². The number of Topliss-reactive ketones (excluding diaryl/α,β-unsaturated/α-hetero) is 3. The fourth-order valence-corrected chi connectivity index (χ4v) is 19.2. The molecule has 5 aliphatic heterocycles. The van der Waals surface area contributed by atoms with Gasteiger partial charge in [0.15, 0.2) is 5.78 Å². The van der Waals surface area contributed by atoms with E-state index in [2.05, 4.69) is 49.0 Å². The third-order valence-corrected chi connectivity index (χ3v) is 27.0. The quantitative estimate of drug-likeness (QED) is 0.0716. The molecule has 6 aromatic carbocycles. The number of hydrogen-bond acceptors (Lipinski definition) is 15. The Morgan fingerprint density at radius 2 is 0.703 bits per heavy atom. The number of carbonyl (C=O) groups is 9. The fourth-order valence-electron chi connectivity index (χ4n) is 17.0. The van der Waals surface area contributed by atoms with Gasteiger partial charge < -0.3 is 5.11 Å². The number of anilines is 8. The molecule has 128 heavy (non-hydrogen) atoms. The molecule has 9 heterocycles. The maximum atomic E-state index is 15.4. The lowest BCUT2D eigenvalue weighted by Crippen LogP contribution is -2.33. The molecule has 1 N–H and O–H groups in total. The summed E-state index contributed by atoms with van der Waals surface area (Å²) in [5.41, 5.74) is 7.41. The number of carboxylic acid groups (broad SMARTS) is 1. The van der Waals surface area contributed by atoms with Gasteiger partial charge in [-0.1, -0.05) is 54.2 Å². The Labute approximate surface area is 747 Å². The first kappa shape index (κ1) is 94.6. The Bertz CT molecular complexity index is 6370. The van der Waals surface area contributed by atoms with Crippen molar-refractivity contribution in [1.29, 1.82) is 0 Å². The molecule has 0 unspecified atom stereocenters. The van der Waals surface area contributed by atoms with Crippen LogP contribution in [0.5, 0.6) is 0 Å². The molecule has 10 aromatic rings. The van der Waals surface area contributed by atoms with Crippen LogP contribution in [0.3, 0.4) is 0 Å². The molecular formula is C100H97BrF6N8O12S. The van der Waals surface area contributed by atoms with Crippen molar-refractivity contribution in [3.63, 3.8) is 0 Å². The monoisotopic (exact) mass is 1830 g/mol. The number of amides is 4. The van der Waals surface area contributed by atoms with Gasteiger partial charge in [0.05, 0.1) is 109 Å². The number of pyridine rings is 4. The van der Waals surface area contributed by atoms with Crippen molar-refractivity contribution in [2.45, 2.75) is 182 Å². The van der Waals surface area contributed by atoms with Gasteiger partial charge in [-0.05, 0) is 298 Å². The van der Waals surface area contributed by atoms with Crippen molar-refractivity contribution in [3.8, 4) is 0 Å². The maximum Gasteiger partial charge on any atom is 0.335 e. The number of aryl methyl sites for hydroxylation is 4.